The van der Waals surface area contributed by atoms with E-state index in [9.17, 15) is 14.0 Å². The molecule has 0 aliphatic carbocycles. The van der Waals surface area contributed by atoms with Crippen LogP contribution in [0.3, 0.4) is 0 Å². The summed E-state index contributed by atoms with van der Waals surface area (Å²) in [5.41, 5.74) is 9.52. The van der Waals surface area contributed by atoms with Crippen molar-refractivity contribution in [1.82, 2.24) is 30.5 Å². The molecular weight excluding hydrogens is 507 g/mol. The lowest BCUT2D eigenvalue weighted by Gasteiger charge is -2.29. The Labute approximate surface area is 224 Å². The Morgan fingerprint density at radius 1 is 1.26 bits per heavy atom. The first kappa shape index (κ1) is 27.2. The van der Waals surface area contributed by atoms with Crippen molar-refractivity contribution < 1.29 is 23.6 Å². The van der Waals surface area contributed by atoms with E-state index in [1.54, 1.807) is 31.2 Å². The predicted molar refractivity (Wildman–Crippen MR) is 141 cm³/mol. The highest BCUT2D eigenvalue weighted by Crippen LogP contribution is 2.34. The first-order chi connectivity index (χ1) is 18.7. The van der Waals surface area contributed by atoms with E-state index in [1.165, 1.54) is 38.2 Å². The van der Waals surface area contributed by atoms with Gasteiger partial charge in [0.15, 0.2) is 12.4 Å². The number of carbonyl (C=O) groups excluding carboxylic acids is 2. The average Bonchev–Trinajstić information content (AvgIpc) is 2.92. The van der Waals surface area contributed by atoms with Gasteiger partial charge in [-0.1, -0.05) is 17.3 Å². The minimum atomic E-state index is -0.439. The van der Waals surface area contributed by atoms with Crippen LogP contribution in [-0.2, 0) is 20.8 Å². The van der Waals surface area contributed by atoms with Crippen LogP contribution in [0.15, 0.2) is 41.6 Å². The van der Waals surface area contributed by atoms with Gasteiger partial charge in [0.05, 0.1) is 42.3 Å². The number of benzene rings is 1. The van der Waals surface area contributed by atoms with Gasteiger partial charge in [-0.2, -0.15) is 0 Å². The summed E-state index contributed by atoms with van der Waals surface area (Å²) in [7, 11) is 4.48. The standard InChI is InChI=1S/C26H29FN8O4/c1-14-24-20(33-26(28)30-14)11-19(32-25(24)34-39-13-23(37)35(3)12-21(36)29-2)16-9-8-15(27)10-17(16)18-6-5-7-22(31-18)38-4/h5-10,19H,11-13H2,1-4H3,(H,29,36)(H,32,34)(H2,28,30,33). The number of pyridine rings is 1. The van der Waals surface area contributed by atoms with Gasteiger partial charge in [-0.25, -0.2) is 19.3 Å². The van der Waals surface area contributed by atoms with Crippen molar-refractivity contribution in [3.8, 4) is 17.1 Å². The lowest BCUT2D eigenvalue weighted by atomic mass is 9.90. The van der Waals surface area contributed by atoms with E-state index in [4.69, 9.17) is 15.3 Å². The van der Waals surface area contributed by atoms with Gasteiger partial charge in [0.2, 0.25) is 17.7 Å². The van der Waals surface area contributed by atoms with Crippen LogP contribution in [0.4, 0.5) is 10.3 Å². The van der Waals surface area contributed by atoms with Crippen LogP contribution >= 0.6 is 0 Å². The maximum absolute atomic E-state index is 14.4. The van der Waals surface area contributed by atoms with E-state index in [0.717, 1.165) is 5.56 Å². The van der Waals surface area contributed by atoms with E-state index in [0.29, 0.717) is 40.5 Å². The minimum Gasteiger partial charge on any atom is -0.481 e. The number of likely N-dealkylation sites (N-methyl/N-ethyl adjacent to an activating group) is 2. The largest absolute Gasteiger partial charge is 0.481 e. The molecule has 1 aromatic carbocycles. The van der Waals surface area contributed by atoms with Crippen molar-refractivity contribution in [3.63, 3.8) is 0 Å². The van der Waals surface area contributed by atoms with Crippen molar-refractivity contribution in [3.05, 3.63) is 64.7 Å². The Morgan fingerprint density at radius 2 is 2.05 bits per heavy atom. The number of aromatic nitrogens is 3. The number of nitrogens with zero attached hydrogens (tertiary/aromatic N) is 5. The Balaban J connectivity index is 1.68. The quantitative estimate of drug-likeness (QED) is 0.362. The molecule has 39 heavy (non-hydrogen) atoms. The Morgan fingerprint density at radius 3 is 2.79 bits per heavy atom. The fourth-order valence-electron chi connectivity index (χ4n) is 4.23. The van der Waals surface area contributed by atoms with Gasteiger partial charge < -0.3 is 30.8 Å². The molecule has 2 aromatic heterocycles. The molecule has 0 bridgehead atoms. The lowest BCUT2D eigenvalue weighted by Crippen LogP contribution is -2.39. The number of anilines is 1. The summed E-state index contributed by atoms with van der Waals surface area (Å²) in [6.07, 6.45) is 0.387. The molecule has 0 saturated heterocycles. The van der Waals surface area contributed by atoms with Crippen LogP contribution in [0.5, 0.6) is 5.88 Å². The number of ether oxygens (including phenoxy) is 1. The Kier molecular flexibility index (Phi) is 8.18. The Bertz CT molecular complexity index is 1430. The van der Waals surface area contributed by atoms with Crippen molar-refractivity contribution in [2.24, 2.45) is 5.16 Å². The van der Waals surface area contributed by atoms with Crippen molar-refractivity contribution in [1.29, 1.82) is 0 Å². The van der Waals surface area contributed by atoms with Gasteiger partial charge in [-0.15, -0.1) is 0 Å². The van der Waals surface area contributed by atoms with Crippen molar-refractivity contribution in [2.45, 2.75) is 19.4 Å². The SMILES string of the molecule is CNC(=O)CN(C)C(=O)CO/N=C1\NC(c2ccc(F)cc2-c2cccc(OC)n2)Cc2nc(N)nc(C)c21. The molecule has 204 valence electrons. The number of nitrogen functional groups attached to an aromatic ring is 1. The normalized spacial score (nSPS) is 15.2. The number of hydrogen-bond acceptors (Lipinski definition) is 9. The second-order valence-electron chi connectivity index (χ2n) is 8.82. The van der Waals surface area contributed by atoms with Gasteiger partial charge in [0.1, 0.15) is 5.82 Å². The summed E-state index contributed by atoms with van der Waals surface area (Å²) in [4.78, 5) is 43.7. The zero-order chi connectivity index (χ0) is 28.1. The third-order valence-electron chi connectivity index (χ3n) is 6.16. The molecule has 13 heteroatoms. The van der Waals surface area contributed by atoms with Crippen LogP contribution in [0.25, 0.3) is 11.3 Å². The molecular formula is C26H29FN8O4. The molecule has 0 fully saturated rings. The summed E-state index contributed by atoms with van der Waals surface area (Å²) in [6.45, 7) is 1.25. The molecule has 1 unspecified atom stereocenters. The third-order valence-corrected chi connectivity index (χ3v) is 6.16. The number of oxime groups is 1. The highest BCUT2D eigenvalue weighted by molar-refractivity contribution is 6.02. The topological polar surface area (TPSA) is 157 Å². The van der Waals surface area contributed by atoms with Crippen molar-refractivity contribution >= 4 is 23.6 Å². The molecule has 1 aliphatic heterocycles. The molecule has 0 spiro atoms. The third kappa shape index (κ3) is 6.20. The van der Waals surface area contributed by atoms with E-state index >= 15 is 0 Å². The summed E-state index contributed by atoms with van der Waals surface area (Å²) >= 11 is 0. The van der Waals surface area contributed by atoms with Crippen LogP contribution in [0.2, 0.25) is 0 Å². The molecule has 3 heterocycles. The van der Waals surface area contributed by atoms with E-state index in [-0.39, 0.29) is 24.2 Å². The van der Waals surface area contributed by atoms with E-state index in [2.05, 4.69) is 30.7 Å². The number of rotatable bonds is 8. The average molecular weight is 537 g/mol. The molecule has 1 atom stereocenters. The maximum atomic E-state index is 14.4. The fourth-order valence-corrected chi connectivity index (χ4v) is 4.23. The fraction of sp³-hybridized carbons (Fsp3) is 0.308. The number of amides is 2. The van der Waals surface area contributed by atoms with Crippen LogP contribution in [0.1, 0.15) is 28.6 Å². The zero-order valence-corrected chi connectivity index (χ0v) is 22.0. The summed E-state index contributed by atoms with van der Waals surface area (Å²) in [5, 5.41) is 9.97. The van der Waals surface area contributed by atoms with E-state index in [1.807, 2.05) is 0 Å². The van der Waals surface area contributed by atoms with Gasteiger partial charge in [0.25, 0.3) is 5.91 Å². The summed E-state index contributed by atoms with van der Waals surface area (Å²) in [6, 6.07) is 9.25. The molecule has 0 radical (unpaired) electrons. The number of halogens is 1. The smallest absolute Gasteiger partial charge is 0.263 e. The lowest BCUT2D eigenvalue weighted by molar-refractivity contribution is -0.138. The molecule has 0 saturated carbocycles. The number of nitrogens with two attached hydrogens (primary N) is 1. The number of nitrogens with one attached hydrogen (secondary N) is 2. The van der Waals surface area contributed by atoms with E-state index < -0.39 is 24.4 Å². The first-order valence-corrected chi connectivity index (χ1v) is 12.1. The van der Waals surface area contributed by atoms with Gasteiger partial charge in [-0.3, -0.25) is 9.59 Å². The van der Waals surface area contributed by atoms with Crippen molar-refractivity contribution in [2.75, 3.05) is 40.1 Å². The van der Waals surface area contributed by atoms with Gasteiger partial charge in [0, 0.05) is 32.1 Å². The second kappa shape index (κ2) is 11.7. The summed E-state index contributed by atoms with van der Waals surface area (Å²) < 4.78 is 19.6. The Hall–Kier alpha value is -4.81. The number of aryl methyl sites for hydroxylation is 1. The van der Waals surface area contributed by atoms with Gasteiger partial charge >= 0.3 is 0 Å². The number of amidine groups is 1. The molecule has 1 aliphatic rings. The highest BCUT2D eigenvalue weighted by Gasteiger charge is 2.30. The van der Waals surface area contributed by atoms with Crippen LogP contribution in [-0.4, -0.2) is 71.9 Å². The molecule has 2 amide bonds. The number of methoxy groups -OCH3 is 1. The van der Waals surface area contributed by atoms with Crippen LogP contribution < -0.4 is 21.1 Å². The van der Waals surface area contributed by atoms with Crippen LogP contribution in [0, 0.1) is 12.7 Å². The molecule has 3 aromatic rings. The number of fused-ring (bicyclic) bond motifs is 1. The molecule has 12 nitrogen and oxygen atoms in total. The molecule has 4 rings (SSSR count). The van der Waals surface area contributed by atoms with Gasteiger partial charge in [-0.05, 0) is 30.7 Å². The monoisotopic (exact) mass is 536 g/mol. The minimum absolute atomic E-state index is 0.104. The number of hydrogen-bond donors (Lipinski definition) is 3. The zero-order valence-electron chi connectivity index (χ0n) is 22.0. The maximum Gasteiger partial charge on any atom is 0.263 e. The predicted octanol–water partition coefficient (Wildman–Crippen LogP) is 1.35. The summed E-state index contributed by atoms with van der Waals surface area (Å²) in [5.74, 6) is -0.392. The molecule has 4 N–H and O–H groups in total. The highest BCUT2D eigenvalue weighted by atomic mass is 19.1. The number of carbonyl (C=O) groups is 2. The first-order valence-electron chi connectivity index (χ1n) is 12.1. The second-order valence-corrected chi connectivity index (χ2v) is 8.82.